The molecular weight excluding hydrogens is 350 g/mol. The summed E-state index contributed by atoms with van der Waals surface area (Å²) in [5.41, 5.74) is 2.99. The van der Waals surface area contributed by atoms with E-state index in [0.717, 1.165) is 65.5 Å². The SMILES string of the molecule is Cc1ncc(-c2ccc3cnc(CC(=O)C4CCC(C=O)CC4)cc3c2)n1C. The van der Waals surface area contributed by atoms with E-state index in [0.29, 0.717) is 6.42 Å². The van der Waals surface area contributed by atoms with Gasteiger partial charge in [-0.25, -0.2) is 4.98 Å². The van der Waals surface area contributed by atoms with Gasteiger partial charge in [0.2, 0.25) is 0 Å². The molecule has 2 heterocycles. The molecule has 4 rings (SSSR count). The first-order chi connectivity index (χ1) is 13.5. The number of nitrogens with zero attached hydrogens (tertiary/aromatic N) is 3. The van der Waals surface area contributed by atoms with Gasteiger partial charge < -0.3 is 9.36 Å². The van der Waals surface area contributed by atoms with Crippen LogP contribution in [0.25, 0.3) is 22.0 Å². The second kappa shape index (κ2) is 7.66. The summed E-state index contributed by atoms with van der Waals surface area (Å²) >= 11 is 0. The number of aryl methyl sites for hydroxylation is 1. The minimum atomic E-state index is 0.0671. The predicted octanol–water partition coefficient (Wildman–Crippen LogP) is 4.06. The molecule has 1 aliphatic carbocycles. The van der Waals surface area contributed by atoms with Crippen molar-refractivity contribution in [1.29, 1.82) is 0 Å². The highest BCUT2D eigenvalue weighted by Gasteiger charge is 2.26. The Morgan fingerprint density at radius 3 is 2.57 bits per heavy atom. The molecule has 0 N–H and O–H groups in total. The summed E-state index contributed by atoms with van der Waals surface area (Å²) < 4.78 is 2.07. The number of aldehydes is 1. The molecule has 0 unspecified atom stereocenters. The molecule has 0 spiro atoms. The Bertz CT molecular complexity index is 1030. The molecule has 0 atom stereocenters. The summed E-state index contributed by atoms with van der Waals surface area (Å²) in [6.07, 6.45) is 8.43. The highest BCUT2D eigenvalue weighted by Crippen LogP contribution is 2.29. The topological polar surface area (TPSA) is 64.8 Å². The molecule has 0 amide bonds. The first-order valence-corrected chi connectivity index (χ1v) is 9.90. The third-order valence-corrected chi connectivity index (χ3v) is 6.07. The molecule has 144 valence electrons. The minimum absolute atomic E-state index is 0.0671. The van der Waals surface area contributed by atoms with E-state index < -0.39 is 0 Å². The van der Waals surface area contributed by atoms with Crippen LogP contribution >= 0.6 is 0 Å². The molecule has 28 heavy (non-hydrogen) atoms. The van der Waals surface area contributed by atoms with Crippen molar-refractivity contribution in [1.82, 2.24) is 14.5 Å². The fourth-order valence-corrected chi connectivity index (χ4v) is 4.11. The number of carbonyl (C=O) groups excluding carboxylic acids is 2. The molecule has 0 saturated heterocycles. The molecule has 5 nitrogen and oxygen atoms in total. The van der Waals surface area contributed by atoms with Crippen LogP contribution < -0.4 is 0 Å². The van der Waals surface area contributed by atoms with Gasteiger partial charge in [-0.15, -0.1) is 0 Å². The number of aromatic nitrogens is 3. The van der Waals surface area contributed by atoms with E-state index >= 15 is 0 Å². The Morgan fingerprint density at radius 2 is 1.89 bits per heavy atom. The number of carbonyl (C=O) groups is 2. The Kier molecular flexibility index (Phi) is 5.07. The van der Waals surface area contributed by atoms with E-state index in [-0.39, 0.29) is 17.6 Å². The van der Waals surface area contributed by atoms with Gasteiger partial charge in [-0.3, -0.25) is 9.78 Å². The fourth-order valence-electron chi connectivity index (χ4n) is 4.11. The number of benzene rings is 1. The number of Topliss-reactive ketones (excluding diaryl/α,β-unsaturated/α-hetero) is 1. The lowest BCUT2D eigenvalue weighted by Gasteiger charge is -2.24. The summed E-state index contributed by atoms with van der Waals surface area (Å²) in [5.74, 6) is 1.42. The van der Waals surface area contributed by atoms with Crippen LogP contribution in [0.1, 0.15) is 37.2 Å². The van der Waals surface area contributed by atoms with Gasteiger partial charge in [0, 0.05) is 48.1 Å². The molecule has 1 aliphatic rings. The monoisotopic (exact) mass is 375 g/mol. The van der Waals surface area contributed by atoms with Crippen molar-refractivity contribution >= 4 is 22.8 Å². The van der Waals surface area contributed by atoms with Crippen molar-refractivity contribution in [3.63, 3.8) is 0 Å². The lowest BCUT2D eigenvalue weighted by Crippen LogP contribution is -2.24. The van der Waals surface area contributed by atoms with E-state index in [1.54, 1.807) is 0 Å². The van der Waals surface area contributed by atoms with Crippen LogP contribution in [0.5, 0.6) is 0 Å². The maximum absolute atomic E-state index is 12.7. The Morgan fingerprint density at radius 1 is 1.11 bits per heavy atom. The van der Waals surface area contributed by atoms with Gasteiger partial charge in [0.25, 0.3) is 0 Å². The van der Waals surface area contributed by atoms with Gasteiger partial charge in [0.1, 0.15) is 17.9 Å². The molecule has 1 saturated carbocycles. The standard InChI is InChI=1S/C23H25N3O2/c1-15-24-13-22(26(15)2)18-7-8-19-12-25-21(10-20(19)9-18)11-23(28)17-5-3-16(14-27)4-6-17/h7-10,12-14,16-17H,3-6,11H2,1-2H3. The van der Waals surface area contributed by atoms with Crippen LogP contribution in [0.2, 0.25) is 0 Å². The third-order valence-electron chi connectivity index (χ3n) is 6.07. The van der Waals surface area contributed by atoms with E-state index in [1.807, 2.05) is 32.4 Å². The zero-order chi connectivity index (χ0) is 19.7. The zero-order valence-corrected chi connectivity index (χ0v) is 16.4. The molecular formula is C23H25N3O2. The largest absolute Gasteiger partial charge is 0.331 e. The molecule has 0 radical (unpaired) electrons. The molecule has 0 aliphatic heterocycles. The zero-order valence-electron chi connectivity index (χ0n) is 16.4. The number of ketones is 1. The van der Waals surface area contributed by atoms with E-state index in [1.165, 1.54) is 0 Å². The van der Waals surface area contributed by atoms with Gasteiger partial charge in [-0.2, -0.15) is 0 Å². The first-order valence-electron chi connectivity index (χ1n) is 9.90. The van der Waals surface area contributed by atoms with Gasteiger partial charge >= 0.3 is 0 Å². The summed E-state index contributed by atoms with van der Waals surface area (Å²) in [6.45, 7) is 1.99. The number of rotatable bonds is 5. The fraction of sp³-hybridized carbons (Fsp3) is 0.391. The number of fused-ring (bicyclic) bond motifs is 1. The van der Waals surface area contributed by atoms with Gasteiger partial charge in [0.15, 0.2) is 0 Å². The second-order valence-corrected chi connectivity index (χ2v) is 7.88. The van der Waals surface area contributed by atoms with Crippen molar-refractivity contribution < 1.29 is 9.59 Å². The van der Waals surface area contributed by atoms with Crippen molar-refractivity contribution in [2.75, 3.05) is 0 Å². The average molecular weight is 375 g/mol. The van der Waals surface area contributed by atoms with Crippen LogP contribution in [-0.4, -0.2) is 26.6 Å². The van der Waals surface area contributed by atoms with Gasteiger partial charge in [0.05, 0.1) is 11.9 Å². The van der Waals surface area contributed by atoms with Crippen molar-refractivity contribution in [3.8, 4) is 11.3 Å². The van der Waals surface area contributed by atoms with Gasteiger partial charge in [-0.05, 0) is 50.1 Å². The summed E-state index contributed by atoms with van der Waals surface area (Å²) in [7, 11) is 2.01. The highest BCUT2D eigenvalue weighted by atomic mass is 16.1. The summed E-state index contributed by atoms with van der Waals surface area (Å²) in [5, 5.41) is 2.14. The molecule has 5 heteroatoms. The van der Waals surface area contributed by atoms with Crippen LogP contribution in [0.3, 0.4) is 0 Å². The highest BCUT2D eigenvalue weighted by molar-refractivity contribution is 5.88. The molecule has 1 fully saturated rings. The van der Waals surface area contributed by atoms with Crippen molar-refractivity contribution in [2.24, 2.45) is 18.9 Å². The smallest absolute Gasteiger partial charge is 0.141 e. The average Bonchev–Trinajstić information content (AvgIpc) is 3.06. The molecule has 3 aromatic rings. The number of hydrogen-bond donors (Lipinski definition) is 0. The van der Waals surface area contributed by atoms with Crippen LogP contribution in [0.4, 0.5) is 0 Å². The third kappa shape index (κ3) is 3.61. The maximum Gasteiger partial charge on any atom is 0.141 e. The lowest BCUT2D eigenvalue weighted by atomic mass is 9.80. The quantitative estimate of drug-likeness (QED) is 0.631. The normalized spacial score (nSPS) is 19.6. The van der Waals surface area contributed by atoms with E-state index in [2.05, 4.69) is 32.7 Å². The summed E-state index contributed by atoms with van der Waals surface area (Å²) in [4.78, 5) is 32.5. The number of hydrogen-bond acceptors (Lipinski definition) is 4. The molecule has 1 aromatic carbocycles. The second-order valence-electron chi connectivity index (χ2n) is 7.88. The van der Waals surface area contributed by atoms with Crippen molar-refractivity contribution in [2.45, 2.75) is 39.0 Å². The van der Waals surface area contributed by atoms with Crippen LogP contribution in [-0.2, 0) is 23.1 Å². The Balaban J connectivity index is 1.54. The Hall–Kier alpha value is -2.82. The number of pyridine rings is 1. The predicted molar refractivity (Wildman–Crippen MR) is 109 cm³/mol. The minimum Gasteiger partial charge on any atom is -0.331 e. The molecule has 0 bridgehead atoms. The van der Waals surface area contributed by atoms with Crippen molar-refractivity contribution in [3.05, 3.63) is 48.2 Å². The Labute approximate surface area is 164 Å². The van der Waals surface area contributed by atoms with E-state index in [4.69, 9.17) is 0 Å². The molecule has 2 aromatic heterocycles. The van der Waals surface area contributed by atoms with Crippen LogP contribution in [0, 0.1) is 18.8 Å². The first kappa shape index (κ1) is 18.5. The van der Waals surface area contributed by atoms with Gasteiger partial charge in [-0.1, -0.05) is 12.1 Å². The van der Waals surface area contributed by atoms with Crippen LogP contribution in [0.15, 0.2) is 36.7 Å². The summed E-state index contributed by atoms with van der Waals surface area (Å²) in [6, 6.07) is 8.30. The number of imidazole rings is 1. The van der Waals surface area contributed by atoms with E-state index in [9.17, 15) is 9.59 Å². The lowest BCUT2D eigenvalue weighted by molar-refractivity contribution is -0.124. The maximum atomic E-state index is 12.7.